The lowest BCUT2D eigenvalue weighted by atomic mass is 10.1. The smallest absolute Gasteiger partial charge is 0.407 e. The summed E-state index contributed by atoms with van der Waals surface area (Å²) in [5.74, 6) is 0. The third-order valence-corrected chi connectivity index (χ3v) is 2.04. The van der Waals surface area contributed by atoms with Crippen molar-refractivity contribution in [3.63, 3.8) is 0 Å². The van der Waals surface area contributed by atoms with Crippen LogP contribution in [0.15, 0.2) is 18.3 Å². The topological polar surface area (TPSA) is 51.2 Å². The zero-order valence-electron chi connectivity index (χ0n) is 9.12. The monoisotopic (exact) mass is 208 g/mol. The molecule has 0 aliphatic carbocycles. The van der Waals surface area contributed by atoms with Gasteiger partial charge in [-0.25, -0.2) is 4.79 Å². The largest absolute Gasteiger partial charge is 0.450 e. The summed E-state index contributed by atoms with van der Waals surface area (Å²) in [7, 11) is 0. The Morgan fingerprint density at radius 1 is 1.53 bits per heavy atom. The van der Waals surface area contributed by atoms with Crippen LogP contribution >= 0.6 is 0 Å². The molecule has 1 N–H and O–H groups in total. The van der Waals surface area contributed by atoms with E-state index < -0.39 is 6.09 Å². The van der Waals surface area contributed by atoms with Crippen LogP contribution in [0, 0.1) is 0 Å². The Hall–Kier alpha value is -1.58. The summed E-state index contributed by atoms with van der Waals surface area (Å²) < 4.78 is 4.76. The van der Waals surface area contributed by atoms with Crippen LogP contribution in [0.25, 0.3) is 0 Å². The Labute approximate surface area is 89.7 Å². The van der Waals surface area contributed by atoms with Crippen LogP contribution in [0.2, 0.25) is 0 Å². The number of hydrogen-bond acceptors (Lipinski definition) is 3. The number of amides is 1. The van der Waals surface area contributed by atoms with Crippen LogP contribution in [0.4, 0.5) is 4.79 Å². The summed E-state index contributed by atoms with van der Waals surface area (Å²) in [6.45, 7) is 4.64. The third-order valence-electron chi connectivity index (χ3n) is 2.04. The van der Waals surface area contributed by atoms with Crippen LogP contribution in [0.3, 0.4) is 0 Å². The zero-order valence-corrected chi connectivity index (χ0v) is 9.12. The number of aryl methyl sites for hydroxylation is 1. The summed E-state index contributed by atoms with van der Waals surface area (Å²) in [5, 5.41) is 2.65. The number of aromatic nitrogens is 1. The third kappa shape index (κ3) is 3.58. The quantitative estimate of drug-likeness (QED) is 0.822. The van der Waals surface area contributed by atoms with E-state index in [4.69, 9.17) is 4.74 Å². The number of nitrogens with zero attached hydrogens (tertiary/aromatic N) is 1. The highest BCUT2D eigenvalue weighted by atomic mass is 16.5. The van der Waals surface area contributed by atoms with Gasteiger partial charge in [-0.15, -0.1) is 0 Å². The average molecular weight is 208 g/mol. The van der Waals surface area contributed by atoms with Gasteiger partial charge in [-0.05, 0) is 25.0 Å². The predicted octanol–water partition coefficient (Wildman–Crippen LogP) is 1.89. The lowest BCUT2D eigenvalue weighted by molar-refractivity contribution is 0.151. The van der Waals surface area contributed by atoms with E-state index in [2.05, 4.69) is 17.2 Å². The van der Waals surface area contributed by atoms with Gasteiger partial charge in [0.25, 0.3) is 0 Å². The molecule has 0 aliphatic heterocycles. The Kier molecular flexibility index (Phi) is 4.60. The number of nitrogens with one attached hydrogen (secondary N) is 1. The van der Waals surface area contributed by atoms with Gasteiger partial charge >= 0.3 is 6.09 Å². The summed E-state index contributed by atoms with van der Waals surface area (Å²) in [6.07, 6.45) is 2.24. The van der Waals surface area contributed by atoms with Gasteiger partial charge in [0.05, 0.1) is 18.8 Å². The van der Waals surface area contributed by atoms with Crippen molar-refractivity contribution in [3.05, 3.63) is 29.6 Å². The standard InChI is InChI=1S/C11H16N2O2/c1-3-9-6-5-7-12-10(9)8-13-11(14)15-4-2/h5-7H,3-4,8H2,1-2H3,(H,13,14). The van der Waals surface area contributed by atoms with Gasteiger partial charge in [-0.1, -0.05) is 13.0 Å². The van der Waals surface area contributed by atoms with Crippen LogP contribution in [-0.2, 0) is 17.7 Å². The minimum absolute atomic E-state index is 0.384. The Morgan fingerprint density at radius 2 is 2.33 bits per heavy atom. The van der Waals surface area contributed by atoms with Gasteiger partial charge in [0.2, 0.25) is 0 Å². The molecular weight excluding hydrogens is 192 g/mol. The van der Waals surface area contributed by atoms with Crippen molar-refractivity contribution in [2.75, 3.05) is 6.61 Å². The molecule has 0 radical (unpaired) electrons. The predicted molar refractivity (Wildman–Crippen MR) is 57.5 cm³/mol. The second-order valence-electron chi connectivity index (χ2n) is 3.04. The molecule has 1 aromatic rings. The van der Waals surface area contributed by atoms with Crippen molar-refractivity contribution >= 4 is 6.09 Å². The molecule has 1 amide bonds. The van der Waals surface area contributed by atoms with Crippen LogP contribution in [-0.4, -0.2) is 17.7 Å². The van der Waals surface area contributed by atoms with Crippen LogP contribution in [0.5, 0.6) is 0 Å². The van der Waals surface area contributed by atoms with Gasteiger partial charge in [0.1, 0.15) is 0 Å². The minimum Gasteiger partial charge on any atom is -0.450 e. The number of alkyl carbamates (subject to hydrolysis) is 1. The highest BCUT2D eigenvalue weighted by molar-refractivity contribution is 5.67. The first-order valence-corrected chi connectivity index (χ1v) is 5.11. The lowest BCUT2D eigenvalue weighted by Crippen LogP contribution is -2.24. The fourth-order valence-corrected chi connectivity index (χ4v) is 1.29. The molecule has 15 heavy (non-hydrogen) atoms. The molecular formula is C11H16N2O2. The number of pyridine rings is 1. The van der Waals surface area contributed by atoms with Gasteiger partial charge < -0.3 is 10.1 Å². The maximum absolute atomic E-state index is 11.1. The lowest BCUT2D eigenvalue weighted by Gasteiger charge is -2.07. The number of carbonyl (C=O) groups excluding carboxylic acids is 1. The molecule has 0 bridgehead atoms. The first-order valence-electron chi connectivity index (χ1n) is 5.11. The van der Waals surface area contributed by atoms with E-state index in [1.54, 1.807) is 13.1 Å². The van der Waals surface area contributed by atoms with Crippen molar-refractivity contribution in [2.24, 2.45) is 0 Å². The second kappa shape index (κ2) is 6.01. The molecule has 0 saturated carbocycles. The van der Waals surface area contributed by atoms with Gasteiger partial charge in [-0.3, -0.25) is 4.98 Å². The van der Waals surface area contributed by atoms with E-state index in [0.717, 1.165) is 17.7 Å². The molecule has 1 rings (SSSR count). The number of ether oxygens (including phenoxy) is 1. The maximum Gasteiger partial charge on any atom is 0.407 e. The fraction of sp³-hybridized carbons (Fsp3) is 0.455. The molecule has 0 aromatic carbocycles. The molecule has 0 spiro atoms. The first-order chi connectivity index (χ1) is 7.27. The molecule has 0 saturated heterocycles. The van der Waals surface area contributed by atoms with Crippen molar-refractivity contribution in [1.82, 2.24) is 10.3 Å². The molecule has 4 heteroatoms. The van der Waals surface area contributed by atoms with E-state index in [0.29, 0.717) is 13.2 Å². The SMILES string of the molecule is CCOC(=O)NCc1ncccc1CC. The number of carbonyl (C=O) groups is 1. The molecule has 1 aromatic heterocycles. The molecule has 0 fully saturated rings. The average Bonchev–Trinajstić information content (AvgIpc) is 2.27. The highest BCUT2D eigenvalue weighted by Crippen LogP contribution is 2.05. The fourth-order valence-electron chi connectivity index (χ4n) is 1.29. The Balaban J connectivity index is 2.53. The maximum atomic E-state index is 11.1. The normalized spacial score (nSPS) is 9.73. The van der Waals surface area contributed by atoms with Crippen LogP contribution in [0.1, 0.15) is 25.1 Å². The molecule has 4 nitrogen and oxygen atoms in total. The van der Waals surface area contributed by atoms with E-state index in [1.165, 1.54) is 0 Å². The number of hydrogen-bond donors (Lipinski definition) is 1. The first kappa shape index (κ1) is 11.5. The van der Waals surface area contributed by atoms with Gasteiger partial charge in [0, 0.05) is 6.20 Å². The Bertz CT molecular complexity index is 326. The van der Waals surface area contributed by atoms with Crippen molar-refractivity contribution in [1.29, 1.82) is 0 Å². The minimum atomic E-state index is -0.398. The highest BCUT2D eigenvalue weighted by Gasteiger charge is 2.04. The Morgan fingerprint density at radius 3 is 3.00 bits per heavy atom. The van der Waals surface area contributed by atoms with Crippen LogP contribution < -0.4 is 5.32 Å². The van der Waals surface area contributed by atoms with Crippen molar-refractivity contribution in [2.45, 2.75) is 26.8 Å². The van der Waals surface area contributed by atoms with E-state index in [1.807, 2.05) is 12.1 Å². The van der Waals surface area contributed by atoms with Crippen molar-refractivity contribution < 1.29 is 9.53 Å². The van der Waals surface area contributed by atoms with Gasteiger partial charge in [-0.2, -0.15) is 0 Å². The molecule has 1 heterocycles. The molecule has 0 unspecified atom stereocenters. The second-order valence-corrected chi connectivity index (χ2v) is 3.04. The summed E-state index contributed by atoms with van der Waals surface area (Å²) >= 11 is 0. The molecule has 0 atom stereocenters. The van der Waals surface area contributed by atoms with E-state index in [9.17, 15) is 4.79 Å². The van der Waals surface area contributed by atoms with Gasteiger partial charge in [0.15, 0.2) is 0 Å². The molecule has 82 valence electrons. The summed E-state index contributed by atoms with van der Waals surface area (Å²) in [6, 6.07) is 3.90. The van der Waals surface area contributed by atoms with E-state index >= 15 is 0 Å². The summed E-state index contributed by atoms with van der Waals surface area (Å²) in [4.78, 5) is 15.3. The summed E-state index contributed by atoms with van der Waals surface area (Å²) in [5.41, 5.74) is 2.04. The number of rotatable bonds is 4. The van der Waals surface area contributed by atoms with Crippen molar-refractivity contribution in [3.8, 4) is 0 Å². The van der Waals surface area contributed by atoms with E-state index in [-0.39, 0.29) is 0 Å². The molecule has 0 aliphatic rings. The zero-order chi connectivity index (χ0) is 11.1.